The van der Waals surface area contributed by atoms with Crippen LogP contribution in [0.4, 0.5) is 22.7 Å². The molecule has 172 valence electrons. The second-order valence-electron chi connectivity index (χ2n) is 8.48. The summed E-state index contributed by atoms with van der Waals surface area (Å²) in [5, 5.41) is 0. The van der Waals surface area contributed by atoms with Crippen molar-refractivity contribution in [3.05, 3.63) is 119 Å². The summed E-state index contributed by atoms with van der Waals surface area (Å²) in [7, 11) is 0. The van der Waals surface area contributed by atoms with Crippen LogP contribution in [0.1, 0.15) is 40.9 Å². The van der Waals surface area contributed by atoms with E-state index in [2.05, 4.69) is 86.0 Å². The number of nitrogens with zero attached hydrogens (tertiary/aromatic N) is 2. The third-order valence-electron chi connectivity index (χ3n) is 6.33. The molecule has 0 aliphatic heterocycles. The first-order chi connectivity index (χ1) is 16.5. The highest BCUT2D eigenvalue weighted by Crippen LogP contribution is 2.30. The van der Waals surface area contributed by atoms with Crippen LogP contribution in [0, 0.1) is 13.8 Å². The summed E-state index contributed by atoms with van der Waals surface area (Å²) in [5.74, 6) is 0.0379. The number of para-hydroxylation sites is 2. The summed E-state index contributed by atoms with van der Waals surface area (Å²) >= 11 is 0. The van der Waals surface area contributed by atoms with E-state index in [4.69, 9.17) is 0 Å². The number of ketones is 1. The lowest BCUT2D eigenvalue weighted by atomic mass is 10.0. The van der Waals surface area contributed by atoms with Crippen molar-refractivity contribution >= 4 is 28.5 Å². The Morgan fingerprint density at radius 3 is 1.24 bits per heavy atom. The third kappa shape index (κ3) is 4.74. The number of carbonyl (C=O) groups is 1. The lowest BCUT2D eigenvalue weighted by molar-refractivity contribution is 0.103. The molecule has 3 heteroatoms. The molecule has 3 nitrogen and oxygen atoms in total. The minimum absolute atomic E-state index is 0.0379. The predicted octanol–water partition coefficient (Wildman–Crippen LogP) is 7.85. The zero-order chi connectivity index (χ0) is 24.1. The van der Waals surface area contributed by atoms with Crippen molar-refractivity contribution in [3.63, 3.8) is 0 Å². The maximum absolute atomic E-state index is 13.2. The molecule has 0 saturated heterocycles. The van der Waals surface area contributed by atoms with Crippen molar-refractivity contribution in [1.82, 2.24) is 0 Å². The van der Waals surface area contributed by atoms with Gasteiger partial charge in [-0.05, 0) is 99.5 Å². The normalized spacial score (nSPS) is 10.7. The van der Waals surface area contributed by atoms with E-state index in [0.717, 1.165) is 24.5 Å². The van der Waals surface area contributed by atoms with Crippen LogP contribution in [0.3, 0.4) is 0 Å². The first kappa shape index (κ1) is 23.3. The fraction of sp³-hybridized carbons (Fsp3) is 0.194. The van der Waals surface area contributed by atoms with Gasteiger partial charge in [0.25, 0.3) is 0 Å². The Kier molecular flexibility index (Phi) is 7.12. The first-order valence-electron chi connectivity index (χ1n) is 11.9. The second kappa shape index (κ2) is 10.4. The Labute approximate surface area is 203 Å². The number of rotatable bonds is 8. The average Bonchev–Trinajstić information content (AvgIpc) is 2.87. The predicted molar refractivity (Wildman–Crippen MR) is 144 cm³/mol. The highest BCUT2D eigenvalue weighted by atomic mass is 16.1. The van der Waals surface area contributed by atoms with Crippen LogP contribution >= 0.6 is 0 Å². The van der Waals surface area contributed by atoms with E-state index in [9.17, 15) is 4.79 Å². The van der Waals surface area contributed by atoms with E-state index in [-0.39, 0.29) is 5.78 Å². The van der Waals surface area contributed by atoms with E-state index in [1.54, 1.807) is 0 Å². The van der Waals surface area contributed by atoms with Crippen LogP contribution < -0.4 is 9.80 Å². The molecule has 4 aromatic rings. The number of carbonyl (C=O) groups excluding carboxylic acids is 1. The van der Waals surface area contributed by atoms with Crippen molar-refractivity contribution < 1.29 is 4.79 Å². The smallest absolute Gasteiger partial charge is 0.193 e. The van der Waals surface area contributed by atoms with Crippen LogP contribution in [0.5, 0.6) is 0 Å². The van der Waals surface area contributed by atoms with Gasteiger partial charge in [-0.2, -0.15) is 0 Å². The number of aryl methyl sites for hydroxylation is 2. The molecule has 0 unspecified atom stereocenters. The van der Waals surface area contributed by atoms with Crippen molar-refractivity contribution in [3.8, 4) is 0 Å². The van der Waals surface area contributed by atoms with Gasteiger partial charge in [-0.25, -0.2) is 0 Å². The lowest BCUT2D eigenvalue weighted by Crippen LogP contribution is -2.17. The number of hydrogen-bond donors (Lipinski definition) is 0. The summed E-state index contributed by atoms with van der Waals surface area (Å²) < 4.78 is 0. The van der Waals surface area contributed by atoms with Crippen LogP contribution in [0.25, 0.3) is 0 Å². The summed E-state index contributed by atoms with van der Waals surface area (Å²) in [6.07, 6.45) is 0. The number of hydrogen-bond acceptors (Lipinski definition) is 3. The molecular formula is C31H32N2O. The number of anilines is 4. The van der Waals surface area contributed by atoms with Crippen molar-refractivity contribution in [2.45, 2.75) is 27.7 Å². The molecule has 0 amide bonds. The zero-order valence-corrected chi connectivity index (χ0v) is 20.5. The van der Waals surface area contributed by atoms with Crippen LogP contribution in [-0.2, 0) is 0 Å². The van der Waals surface area contributed by atoms with Gasteiger partial charge in [-0.3, -0.25) is 4.79 Å². The molecule has 4 rings (SSSR count). The highest BCUT2D eigenvalue weighted by Gasteiger charge is 2.14. The van der Waals surface area contributed by atoms with Crippen LogP contribution in [0.15, 0.2) is 97.1 Å². The molecule has 0 saturated carbocycles. The summed E-state index contributed by atoms with van der Waals surface area (Å²) in [6.45, 7) is 10.2. The van der Waals surface area contributed by atoms with E-state index >= 15 is 0 Å². The fourth-order valence-corrected chi connectivity index (χ4v) is 4.47. The fourth-order valence-electron chi connectivity index (χ4n) is 4.47. The summed E-state index contributed by atoms with van der Waals surface area (Å²) in [5.41, 5.74) is 8.41. The second-order valence-corrected chi connectivity index (χ2v) is 8.48. The monoisotopic (exact) mass is 448 g/mol. The minimum atomic E-state index is 0.0379. The third-order valence-corrected chi connectivity index (χ3v) is 6.33. The molecule has 0 aliphatic rings. The number of benzene rings is 4. The Bertz CT molecular complexity index is 1160. The largest absolute Gasteiger partial charge is 0.342 e. The molecule has 0 N–H and O–H groups in total. The Morgan fingerprint density at radius 2 is 0.912 bits per heavy atom. The molecule has 0 aromatic heterocycles. The average molecular weight is 449 g/mol. The van der Waals surface area contributed by atoms with Crippen LogP contribution in [0.2, 0.25) is 0 Å². The van der Waals surface area contributed by atoms with Gasteiger partial charge >= 0.3 is 0 Å². The maximum atomic E-state index is 13.2. The van der Waals surface area contributed by atoms with E-state index in [1.165, 1.54) is 22.5 Å². The SMILES string of the molecule is CCN(c1ccc(C(=O)c2ccc(N(CC)c3ccccc3C)cc2)cc1)c1ccccc1C. The molecule has 34 heavy (non-hydrogen) atoms. The van der Waals surface area contributed by atoms with Crippen molar-refractivity contribution in [2.75, 3.05) is 22.9 Å². The van der Waals surface area contributed by atoms with Gasteiger partial charge in [-0.15, -0.1) is 0 Å². The topological polar surface area (TPSA) is 23.6 Å². The van der Waals surface area contributed by atoms with E-state index < -0.39 is 0 Å². The van der Waals surface area contributed by atoms with Crippen molar-refractivity contribution in [1.29, 1.82) is 0 Å². The minimum Gasteiger partial charge on any atom is -0.342 e. The Morgan fingerprint density at radius 1 is 0.559 bits per heavy atom. The Balaban J connectivity index is 1.54. The maximum Gasteiger partial charge on any atom is 0.193 e. The van der Waals surface area contributed by atoms with E-state index in [0.29, 0.717) is 11.1 Å². The molecule has 0 heterocycles. The lowest BCUT2D eigenvalue weighted by Gasteiger charge is -2.25. The van der Waals surface area contributed by atoms with Gasteiger partial charge < -0.3 is 9.80 Å². The molecule has 0 radical (unpaired) electrons. The molecule has 0 atom stereocenters. The van der Waals surface area contributed by atoms with Gasteiger partial charge in [0.2, 0.25) is 0 Å². The van der Waals surface area contributed by atoms with Gasteiger partial charge in [0, 0.05) is 47.0 Å². The molecular weight excluding hydrogens is 416 g/mol. The van der Waals surface area contributed by atoms with Crippen LogP contribution in [-0.4, -0.2) is 18.9 Å². The summed E-state index contributed by atoms with van der Waals surface area (Å²) in [4.78, 5) is 17.7. The highest BCUT2D eigenvalue weighted by molar-refractivity contribution is 6.09. The quantitative estimate of drug-likeness (QED) is 0.256. The Hall–Kier alpha value is -3.85. The molecule has 0 aliphatic carbocycles. The van der Waals surface area contributed by atoms with Gasteiger partial charge in [0.05, 0.1) is 0 Å². The van der Waals surface area contributed by atoms with Gasteiger partial charge in [-0.1, -0.05) is 36.4 Å². The standard InChI is InChI=1S/C31H32N2O/c1-5-32(29-13-9-7-11-23(29)3)27-19-15-25(16-20-27)31(34)26-17-21-28(22-18-26)33(6-2)30-14-10-8-12-24(30)4/h7-22H,5-6H2,1-4H3. The molecule has 4 aromatic carbocycles. The first-order valence-corrected chi connectivity index (χ1v) is 11.9. The molecule has 0 bridgehead atoms. The molecule has 0 spiro atoms. The summed E-state index contributed by atoms with van der Waals surface area (Å²) in [6, 6.07) is 32.6. The van der Waals surface area contributed by atoms with Crippen molar-refractivity contribution in [2.24, 2.45) is 0 Å². The van der Waals surface area contributed by atoms with E-state index in [1.807, 2.05) is 48.5 Å². The zero-order valence-electron chi connectivity index (χ0n) is 20.5. The van der Waals surface area contributed by atoms with Gasteiger partial charge in [0.15, 0.2) is 5.78 Å². The van der Waals surface area contributed by atoms with Gasteiger partial charge in [0.1, 0.15) is 0 Å². The molecule has 0 fully saturated rings.